The minimum Gasteiger partial charge on any atom is -0.298 e. The molecule has 1 nitrogen and oxygen atoms in total. The smallest absolute Gasteiger partial charge is 0.298 e. The van der Waals surface area contributed by atoms with Crippen molar-refractivity contribution in [2.45, 2.75) is 24.2 Å². The molecule has 5 heteroatoms. The Kier molecular flexibility index (Phi) is 2.29. The molecule has 1 unspecified atom stereocenters. The van der Waals surface area contributed by atoms with Crippen LogP contribution in [-0.4, -0.2) is 18.1 Å². The van der Waals surface area contributed by atoms with Gasteiger partial charge in [-0.05, 0) is 5.56 Å². The van der Waals surface area contributed by atoms with Crippen LogP contribution in [0.2, 0.25) is 0 Å². The van der Waals surface area contributed by atoms with Crippen LogP contribution >= 0.6 is 0 Å². The summed E-state index contributed by atoms with van der Waals surface area (Å²) in [4.78, 5) is 10.3. The number of aldehydes is 1. The monoisotopic (exact) mass is 232 g/mol. The van der Waals surface area contributed by atoms with E-state index in [0.717, 1.165) is 0 Å². The van der Waals surface area contributed by atoms with E-state index in [2.05, 4.69) is 0 Å². The lowest BCUT2D eigenvalue weighted by Gasteiger charge is -2.44. The summed E-state index contributed by atoms with van der Waals surface area (Å²) in [6, 6.07) is 5.26. The van der Waals surface area contributed by atoms with E-state index in [1.54, 1.807) is 0 Å². The second kappa shape index (κ2) is 3.30. The Labute approximate surface area is 89.1 Å². The number of hydrogen-bond donors (Lipinski definition) is 0. The third kappa shape index (κ3) is 1.42. The molecule has 0 bridgehead atoms. The van der Waals surface area contributed by atoms with Crippen molar-refractivity contribution in [2.24, 2.45) is 0 Å². The van der Waals surface area contributed by atoms with Crippen LogP contribution in [0, 0.1) is 0 Å². The van der Waals surface area contributed by atoms with E-state index in [1.165, 1.54) is 24.3 Å². The summed E-state index contributed by atoms with van der Waals surface area (Å²) in [6.45, 7) is 0. The van der Waals surface area contributed by atoms with Gasteiger partial charge in [0.1, 0.15) is 6.29 Å². The zero-order valence-electron chi connectivity index (χ0n) is 8.09. The molecule has 1 atom stereocenters. The van der Waals surface area contributed by atoms with Crippen molar-refractivity contribution >= 4 is 6.29 Å². The molecule has 0 heterocycles. The van der Waals surface area contributed by atoms with Crippen LogP contribution in [-0.2, 0) is 0 Å². The molecule has 0 amide bonds. The molecule has 0 spiro atoms. The summed E-state index contributed by atoms with van der Waals surface area (Å²) >= 11 is 0. The van der Waals surface area contributed by atoms with Gasteiger partial charge in [-0.1, -0.05) is 24.3 Å². The molecular weight excluding hydrogens is 224 g/mol. The molecule has 2 rings (SSSR count). The van der Waals surface area contributed by atoms with Crippen molar-refractivity contribution in [1.82, 2.24) is 0 Å². The molecular formula is C11H8F4O. The molecule has 0 N–H and O–H groups in total. The van der Waals surface area contributed by atoms with Crippen LogP contribution in [0.4, 0.5) is 17.6 Å². The molecule has 86 valence electrons. The largest absolute Gasteiger partial charge is 0.317 e. The molecule has 1 fully saturated rings. The molecule has 1 saturated carbocycles. The minimum atomic E-state index is -3.99. The summed E-state index contributed by atoms with van der Waals surface area (Å²) in [5.74, 6) is -9.36. The third-order valence-corrected chi connectivity index (χ3v) is 2.86. The first kappa shape index (κ1) is 11.1. The Morgan fingerprint density at radius 1 is 1.12 bits per heavy atom. The van der Waals surface area contributed by atoms with Crippen LogP contribution in [0.5, 0.6) is 0 Å². The van der Waals surface area contributed by atoms with Gasteiger partial charge in [-0.25, -0.2) is 0 Å². The van der Waals surface area contributed by atoms with Gasteiger partial charge in [0.25, 0.3) is 0 Å². The molecule has 0 saturated heterocycles. The molecule has 0 radical (unpaired) electrons. The van der Waals surface area contributed by atoms with Crippen LogP contribution in [0.15, 0.2) is 24.3 Å². The van der Waals surface area contributed by atoms with Gasteiger partial charge in [-0.3, -0.25) is 4.79 Å². The van der Waals surface area contributed by atoms with Gasteiger partial charge < -0.3 is 0 Å². The quantitative estimate of drug-likeness (QED) is 0.565. The van der Waals surface area contributed by atoms with Gasteiger partial charge in [-0.2, -0.15) is 17.6 Å². The van der Waals surface area contributed by atoms with E-state index in [0.29, 0.717) is 11.8 Å². The summed E-state index contributed by atoms with van der Waals surface area (Å²) in [6.07, 6.45) is -0.280. The fourth-order valence-corrected chi connectivity index (χ4v) is 1.78. The number of rotatable bonds is 2. The summed E-state index contributed by atoms with van der Waals surface area (Å²) < 4.78 is 51.2. The number of carbonyl (C=O) groups is 1. The van der Waals surface area contributed by atoms with Gasteiger partial charge in [0.05, 0.1) is 5.92 Å². The Balaban J connectivity index is 2.24. The first-order valence-corrected chi connectivity index (χ1v) is 4.69. The van der Waals surface area contributed by atoms with Crippen molar-refractivity contribution in [3.05, 3.63) is 35.4 Å². The molecule has 1 aliphatic rings. The number of benzene rings is 1. The second-order valence-electron chi connectivity index (χ2n) is 3.87. The fraction of sp³-hybridized carbons (Fsp3) is 0.364. The van der Waals surface area contributed by atoms with Gasteiger partial charge in [0.15, 0.2) is 0 Å². The number of alkyl halides is 4. The summed E-state index contributed by atoms with van der Waals surface area (Å²) in [7, 11) is 0. The highest BCUT2D eigenvalue weighted by atomic mass is 19.3. The third-order valence-electron chi connectivity index (χ3n) is 2.86. The highest BCUT2D eigenvalue weighted by molar-refractivity contribution is 5.74. The van der Waals surface area contributed by atoms with Crippen molar-refractivity contribution in [3.8, 4) is 0 Å². The lowest BCUT2D eigenvalue weighted by molar-refractivity contribution is -0.290. The average Bonchev–Trinajstić information content (AvgIpc) is 2.26. The topological polar surface area (TPSA) is 17.1 Å². The number of carbonyl (C=O) groups excluding carboxylic acids is 1. The minimum absolute atomic E-state index is 0.140. The summed E-state index contributed by atoms with van der Waals surface area (Å²) in [5, 5.41) is 0. The predicted octanol–water partition coefficient (Wildman–Crippen LogP) is 3.26. The molecule has 1 aliphatic carbocycles. The van der Waals surface area contributed by atoms with Crippen LogP contribution < -0.4 is 0 Å². The first-order valence-electron chi connectivity index (χ1n) is 4.69. The maximum Gasteiger partial charge on any atom is 0.317 e. The summed E-state index contributed by atoms with van der Waals surface area (Å²) in [5.41, 5.74) is 0.472. The number of hydrogen-bond acceptors (Lipinski definition) is 1. The Morgan fingerprint density at radius 3 is 2.06 bits per heavy atom. The van der Waals surface area contributed by atoms with Crippen LogP contribution in [0.3, 0.4) is 0 Å². The first-order chi connectivity index (χ1) is 7.38. The highest BCUT2D eigenvalue weighted by Gasteiger charge is 2.71. The standard InChI is InChI=1S/C11H8F4O/c12-10(13)5-9(11(10,14)15)8-3-1-7(6-16)2-4-8/h1-4,6,9H,5H2. The molecule has 1 aromatic carbocycles. The molecule has 1 aromatic rings. The predicted molar refractivity (Wildman–Crippen MR) is 49.1 cm³/mol. The van der Waals surface area contributed by atoms with E-state index in [1.807, 2.05) is 0 Å². The van der Waals surface area contributed by atoms with Crippen molar-refractivity contribution in [1.29, 1.82) is 0 Å². The van der Waals surface area contributed by atoms with E-state index in [4.69, 9.17) is 0 Å². The average molecular weight is 232 g/mol. The van der Waals surface area contributed by atoms with Crippen molar-refractivity contribution in [2.75, 3.05) is 0 Å². The maximum atomic E-state index is 13.0. The lowest BCUT2D eigenvalue weighted by Crippen LogP contribution is -2.56. The lowest BCUT2D eigenvalue weighted by atomic mass is 9.72. The van der Waals surface area contributed by atoms with E-state index in [9.17, 15) is 22.4 Å². The normalized spacial score (nSPS) is 25.9. The van der Waals surface area contributed by atoms with Gasteiger partial charge in [0, 0.05) is 12.0 Å². The van der Waals surface area contributed by atoms with Crippen molar-refractivity contribution < 1.29 is 22.4 Å². The zero-order chi connectivity index (χ0) is 12.0. The highest BCUT2D eigenvalue weighted by Crippen LogP contribution is 2.59. The van der Waals surface area contributed by atoms with Gasteiger partial charge in [-0.15, -0.1) is 0 Å². The van der Waals surface area contributed by atoms with Gasteiger partial charge >= 0.3 is 11.8 Å². The Morgan fingerprint density at radius 2 is 1.69 bits per heavy atom. The van der Waals surface area contributed by atoms with E-state index in [-0.39, 0.29) is 5.56 Å². The van der Waals surface area contributed by atoms with Crippen LogP contribution in [0.1, 0.15) is 28.3 Å². The Hall–Kier alpha value is -1.39. The Bertz CT molecular complexity index is 410. The SMILES string of the molecule is O=Cc1ccc(C2CC(F)(F)C2(F)F)cc1. The molecule has 0 aliphatic heterocycles. The fourth-order valence-electron chi connectivity index (χ4n) is 1.78. The maximum absolute atomic E-state index is 13.0. The van der Waals surface area contributed by atoms with Crippen molar-refractivity contribution in [3.63, 3.8) is 0 Å². The second-order valence-corrected chi connectivity index (χ2v) is 3.87. The van der Waals surface area contributed by atoms with E-state index < -0.39 is 24.2 Å². The number of halogens is 4. The molecule has 0 aromatic heterocycles. The van der Waals surface area contributed by atoms with Crippen LogP contribution in [0.25, 0.3) is 0 Å². The zero-order valence-corrected chi connectivity index (χ0v) is 8.09. The van der Waals surface area contributed by atoms with E-state index >= 15 is 0 Å². The molecule has 16 heavy (non-hydrogen) atoms. The van der Waals surface area contributed by atoms with Gasteiger partial charge in [0.2, 0.25) is 0 Å².